The van der Waals surface area contributed by atoms with Crippen molar-refractivity contribution < 1.29 is 33.7 Å². The lowest BCUT2D eigenvalue weighted by Crippen LogP contribution is -2.56. The highest BCUT2D eigenvalue weighted by Gasteiger charge is 2.48. The van der Waals surface area contributed by atoms with Crippen LogP contribution in [0.5, 0.6) is 5.75 Å². The molecule has 9 heteroatoms. The van der Waals surface area contributed by atoms with Gasteiger partial charge in [-0.25, -0.2) is 9.59 Å². The number of aliphatic hydroxyl groups is 1. The normalized spacial score (nSPS) is 22.6. The summed E-state index contributed by atoms with van der Waals surface area (Å²) in [7, 11) is 1.23. The van der Waals surface area contributed by atoms with Crippen LogP contribution in [0.25, 0.3) is 0 Å². The van der Waals surface area contributed by atoms with Crippen molar-refractivity contribution >= 4 is 18.0 Å². The van der Waals surface area contributed by atoms with Gasteiger partial charge in [0.25, 0.3) is 5.91 Å². The molecule has 0 spiro atoms. The lowest BCUT2D eigenvalue weighted by molar-refractivity contribution is -0.155. The molecule has 0 heterocycles. The van der Waals surface area contributed by atoms with Crippen LogP contribution in [-0.4, -0.2) is 60.6 Å². The van der Waals surface area contributed by atoms with E-state index in [4.69, 9.17) is 14.2 Å². The predicted molar refractivity (Wildman–Crippen MR) is 140 cm³/mol. The van der Waals surface area contributed by atoms with Crippen LogP contribution in [0.3, 0.4) is 0 Å². The average Bonchev–Trinajstić information content (AvgIpc) is 2.80. The first kappa shape index (κ1) is 30.4. The van der Waals surface area contributed by atoms with E-state index in [1.54, 1.807) is 26.8 Å². The number of amides is 2. The van der Waals surface area contributed by atoms with Crippen LogP contribution in [0.15, 0.2) is 24.3 Å². The van der Waals surface area contributed by atoms with E-state index in [-0.39, 0.29) is 24.3 Å². The Labute approximate surface area is 220 Å². The van der Waals surface area contributed by atoms with Crippen LogP contribution < -0.4 is 15.4 Å². The molecule has 1 saturated carbocycles. The molecule has 1 fully saturated rings. The molecule has 0 radical (unpaired) electrons. The maximum Gasteiger partial charge on any atom is 0.408 e. The van der Waals surface area contributed by atoms with Crippen molar-refractivity contribution in [2.45, 2.75) is 84.5 Å². The quantitative estimate of drug-likeness (QED) is 0.403. The third kappa shape index (κ3) is 9.22. The van der Waals surface area contributed by atoms with Gasteiger partial charge in [-0.2, -0.15) is 0 Å². The molecule has 208 valence electrons. The number of carbonyl (C=O) groups is 3. The molecule has 1 aliphatic carbocycles. The fourth-order valence-corrected chi connectivity index (χ4v) is 4.84. The van der Waals surface area contributed by atoms with Gasteiger partial charge in [0.15, 0.2) is 6.04 Å². The van der Waals surface area contributed by atoms with Crippen LogP contribution in [0.1, 0.15) is 66.4 Å². The second-order valence-electron chi connectivity index (χ2n) is 11.3. The SMILES string of the molecule is COC(=O)[C@@H](COc1cccc(CCNC(=O)[C@]2(O)C[C@H](C)CC[C@H]2C(C)C)c1)NC(=O)OC(C)(C)C. The minimum Gasteiger partial charge on any atom is -0.491 e. The van der Waals surface area contributed by atoms with Gasteiger partial charge in [0.2, 0.25) is 0 Å². The molecule has 9 nitrogen and oxygen atoms in total. The fraction of sp³-hybridized carbons (Fsp3) is 0.679. The van der Waals surface area contributed by atoms with E-state index in [1.165, 1.54) is 7.11 Å². The summed E-state index contributed by atoms with van der Waals surface area (Å²) >= 11 is 0. The molecule has 0 unspecified atom stereocenters. The van der Waals surface area contributed by atoms with Crippen LogP contribution >= 0.6 is 0 Å². The van der Waals surface area contributed by atoms with Crippen LogP contribution in [-0.2, 0) is 25.5 Å². The van der Waals surface area contributed by atoms with Gasteiger partial charge in [-0.05, 0) is 75.5 Å². The fourth-order valence-electron chi connectivity index (χ4n) is 4.84. The van der Waals surface area contributed by atoms with Crippen LogP contribution in [0, 0.1) is 17.8 Å². The van der Waals surface area contributed by atoms with Gasteiger partial charge in [0, 0.05) is 6.54 Å². The molecule has 4 atom stereocenters. The number of nitrogens with one attached hydrogen (secondary N) is 2. The predicted octanol–water partition coefficient (Wildman–Crippen LogP) is 3.61. The number of ether oxygens (including phenoxy) is 3. The van der Waals surface area contributed by atoms with Gasteiger partial charge in [-0.15, -0.1) is 0 Å². The lowest BCUT2D eigenvalue weighted by Gasteiger charge is -2.43. The second kappa shape index (κ2) is 13.1. The highest BCUT2D eigenvalue weighted by atomic mass is 16.6. The molecule has 3 N–H and O–H groups in total. The maximum atomic E-state index is 13.0. The highest BCUT2D eigenvalue weighted by Crippen LogP contribution is 2.41. The van der Waals surface area contributed by atoms with E-state index in [9.17, 15) is 19.5 Å². The number of alkyl carbamates (subject to hydrolysis) is 1. The second-order valence-corrected chi connectivity index (χ2v) is 11.3. The molecule has 0 aromatic heterocycles. The zero-order chi connectivity index (χ0) is 27.8. The van der Waals surface area contributed by atoms with E-state index < -0.39 is 29.3 Å². The Morgan fingerprint density at radius 1 is 1.19 bits per heavy atom. The summed E-state index contributed by atoms with van der Waals surface area (Å²) < 4.78 is 15.7. The van der Waals surface area contributed by atoms with Crippen molar-refractivity contribution in [1.29, 1.82) is 0 Å². The van der Waals surface area contributed by atoms with Crippen LogP contribution in [0.2, 0.25) is 0 Å². The average molecular weight is 521 g/mol. The van der Waals surface area contributed by atoms with E-state index in [0.29, 0.717) is 31.1 Å². The third-order valence-corrected chi connectivity index (χ3v) is 6.63. The zero-order valence-corrected chi connectivity index (χ0v) is 23.3. The van der Waals surface area contributed by atoms with Gasteiger partial charge in [0.1, 0.15) is 23.6 Å². The smallest absolute Gasteiger partial charge is 0.408 e. The highest BCUT2D eigenvalue weighted by molar-refractivity contribution is 5.85. The van der Waals surface area contributed by atoms with Crippen molar-refractivity contribution in [3.05, 3.63) is 29.8 Å². The number of hydrogen-bond donors (Lipinski definition) is 3. The minimum atomic E-state index is -1.35. The van der Waals surface area contributed by atoms with Crippen molar-refractivity contribution in [2.75, 3.05) is 20.3 Å². The Balaban J connectivity index is 1.94. The first-order chi connectivity index (χ1) is 17.2. The third-order valence-electron chi connectivity index (χ3n) is 6.63. The number of benzene rings is 1. The van der Waals surface area contributed by atoms with Crippen molar-refractivity contribution in [3.8, 4) is 5.75 Å². The Hall–Kier alpha value is -2.81. The number of hydrogen-bond acceptors (Lipinski definition) is 7. The van der Waals surface area contributed by atoms with E-state index in [1.807, 2.05) is 18.2 Å². The molecule has 1 aromatic carbocycles. The standard InChI is InChI=1S/C28H44N2O7/c1-18(2)22-12-11-19(3)16-28(22,34)25(32)29-14-13-20-9-8-10-21(15-20)36-17-23(24(31)35-7)30-26(33)37-27(4,5)6/h8-10,15,18-19,22-23,34H,11-14,16-17H2,1-7H3,(H,29,32)(H,30,33)/t19-,22+,23-,28+/m1/s1. The summed E-state index contributed by atoms with van der Waals surface area (Å²) in [6.07, 6.45) is 2.14. The molecule has 1 aromatic rings. The zero-order valence-electron chi connectivity index (χ0n) is 23.3. The number of esters is 1. The molecular weight excluding hydrogens is 476 g/mol. The van der Waals surface area contributed by atoms with Crippen molar-refractivity contribution in [1.82, 2.24) is 10.6 Å². The maximum absolute atomic E-state index is 13.0. The van der Waals surface area contributed by atoms with Gasteiger partial charge in [0.05, 0.1) is 7.11 Å². The molecule has 2 amide bonds. The van der Waals surface area contributed by atoms with Gasteiger partial charge in [-0.3, -0.25) is 4.79 Å². The molecule has 37 heavy (non-hydrogen) atoms. The van der Waals surface area contributed by atoms with Crippen molar-refractivity contribution in [3.63, 3.8) is 0 Å². The molecule has 2 rings (SSSR count). The summed E-state index contributed by atoms with van der Waals surface area (Å²) in [6.45, 7) is 11.6. The van der Waals surface area contributed by atoms with E-state index >= 15 is 0 Å². The topological polar surface area (TPSA) is 123 Å². The van der Waals surface area contributed by atoms with E-state index in [0.717, 1.165) is 18.4 Å². The summed E-state index contributed by atoms with van der Waals surface area (Å²) in [5, 5.41) is 16.7. The van der Waals surface area contributed by atoms with Crippen LogP contribution in [0.4, 0.5) is 4.79 Å². The summed E-state index contributed by atoms with van der Waals surface area (Å²) in [5.41, 5.74) is -1.14. The first-order valence-electron chi connectivity index (χ1n) is 13.0. The Kier molecular flexibility index (Phi) is 10.8. The van der Waals surface area contributed by atoms with Gasteiger partial charge >= 0.3 is 12.1 Å². The Morgan fingerprint density at radius 3 is 2.51 bits per heavy atom. The molecule has 0 saturated heterocycles. The lowest BCUT2D eigenvalue weighted by atomic mass is 9.66. The summed E-state index contributed by atoms with van der Waals surface area (Å²) in [4.78, 5) is 37.2. The number of carbonyl (C=O) groups excluding carboxylic acids is 3. The molecule has 1 aliphatic rings. The minimum absolute atomic E-state index is 0.0579. The van der Waals surface area contributed by atoms with E-state index in [2.05, 4.69) is 31.4 Å². The summed E-state index contributed by atoms with van der Waals surface area (Å²) in [5.74, 6) is 0.00777. The number of rotatable bonds is 10. The summed E-state index contributed by atoms with van der Waals surface area (Å²) in [6, 6.07) is 6.22. The number of methoxy groups -OCH3 is 1. The molecular formula is C28H44N2O7. The largest absolute Gasteiger partial charge is 0.491 e. The Morgan fingerprint density at radius 2 is 1.89 bits per heavy atom. The Bertz CT molecular complexity index is 927. The van der Waals surface area contributed by atoms with Crippen molar-refractivity contribution in [2.24, 2.45) is 17.8 Å². The molecule has 0 aliphatic heterocycles. The van der Waals surface area contributed by atoms with Gasteiger partial charge in [-0.1, -0.05) is 39.3 Å². The van der Waals surface area contributed by atoms with Gasteiger partial charge < -0.3 is 30.0 Å². The monoisotopic (exact) mass is 520 g/mol. The first-order valence-corrected chi connectivity index (χ1v) is 13.0. The molecule has 0 bridgehead atoms.